The van der Waals surface area contributed by atoms with Crippen LogP contribution in [0.1, 0.15) is 23.3 Å². The van der Waals surface area contributed by atoms with Gasteiger partial charge in [-0.05, 0) is 25.1 Å². The van der Waals surface area contributed by atoms with Crippen molar-refractivity contribution >= 4 is 0 Å². The van der Waals surface area contributed by atoms with Crippen molar-refractivity contribution < 1.29 is 4.42 Å². The number of hydrogen-bond acceptors (Lipinski definition) is 3. The van der Waals surface area contributed by atoms with Gasteiger partial charge in [0.05, 0.1) is 11.7 Å². The summed E-state index contributed by atoms with van der Waals surface area (Å²) in [7, 11) is 1.89. The Morgan fingerprint density at radius 1 is 1.47 bits per heavy atom. The monoisotopic (exact) mass is 205 g/mol. The van der Waals surface area contributed by atoms with Gasteiger partial charge < -0.3 is 10.2 Å². The second kappa shape index (κ2) is 3.90. The van der Waals surface area contributed by atoms with Gasteiger partial charge in [-0.25, -0.2) is 0 Å². The third-order valence-electron chi connectivity index (χ3n) is 2.32. The second-order valence-corrected chi connectivity index (χ2v) is 3.74. The van der Waals surface area contributed by atoms with Gasteiger partial charge in [-0.1, -0.05) is 0 Å². The lowest BCUT2D eigenvalue weighted by atomic mass is 10.1. The van der Waals surface area contributed by atoms with Crippen molar-refractivity contribution in [1.82, 2.24) is 9.78 Å². The van der Waals surface area contributed by atoms with Crippen LogP contribution in [0.2, 0.25) is 0 Å². The van der Waals surface area contributed by atoms with Crippen LogP contribution in [0.3, 0.4) is 0 Å². The lowest BCUT2D eigenvalue weighted by molar-refractivity contribution is 0.442. The molecular weight excluding hydrogens is 190 g/mol. The minimum atomic E-state index is -0.117. The van der Waals surface area contributed by atoms with E-state index in [1.807, 2.05) is 38.4 Å². The van der Waals surface area contributed by atoms with Crippen molar-refractivity contribution in [1.29, 1.82) is 0 Å². The quantitative estimate of drug-likeness (QED) is 0.827. The average Bonchev–Trinajstić information content (AvgIpc) is 2.75. The standard InChI is InChI=1S/C11H15N3O/c1-8-3-4-11(15-8)10(12)7-9-5-6-14(2)13-9/h3-6,10H,7,12H2,1-2H3. The van der Waals surface area contributed by atoms with E-state index in [1.54, 1.807) is 4.68 Å². The summed E-state index contributed by atoms with van der Waals surface area (Å²) in [5.74, 6) is 1.71. The molecule has 4 heteroatoms. The Bertz CT molecular complexity index is 444. The van der Waals surface area contributed by atoms with E-state index in [2.05, 4.69) is 5.10 Å². The van der Waals surface area contributed by atoms with Crippen LogP contribution in [0.5, 0.6) is 0 Å². The average molecular weight is 205 g/mol. The van der Waals surface area contributed by atoms with Gasteiger partial charge in [0, 0.05) is 19.7 Å². The molecule has 0 aliphatic heterocycles. The molecule has 80 valence electrons. The van der Waals surface area contributed by atoms with Gasteiger partial charge in [0.1, 0.15) is 11.5 Å². The van der Waals surface area contributed by atoms with Crippen LogP contribution in [-0.2, 0) is 13.5 Å². The van der Waals surface area contributed by atoms with Crippen LogP contribution < -0.4 is 5.73 Å². The summed E-state index contributed by atoms with van der Waals surface area (Å²) in [6.07, 6.45) is 2.61. The molecule has 2 heterocycles. The highest BCUT2D eigenvalue weighted by Gasteiger charge is 2.12. The minimum Gasteiger partial charge on any atom is -0.465 e. The van der Waals surface area contributed by atoms with E-state index >= 15 is 0 Å². The molecule has 0 amide bonds. The molecule has 15 heavy (non-hydrogen) atoms. The molecule has 2 aromatic rings. The number of rotatable bonds is 3. The van der Waals surface area contributed by atoms with Crippen LogP contribution in [0.15, 0.2) is 28.8 Å². The number of aryl methyl sites for hydroxylation is 2. The summed E-state index contributed by atoms with van der Waals surface area (Å²) in [5, 5.41) is 4.28. The Kier molecular flexibility index (Phi) is 2.60. The highest BCUT2D eigenvalue weighted by molar-refractivity contribution is 5.12. The fourth-order valence-electron chi connectivity index (χ4n) is 1.55. The van der Waals surface area contributed by atoms with Crippen molar-refractivity contribution in [3.8, 4) is 0 Å². The predicted molar refractivity (Wildman–Crippen MR) is 57.3 cm³/mol. The van der Waals surface area contributed by atoms with E-state index in [0.29, 0.717) is 6.42 Å². The number of hydrogen-bond donors (Lipinski definition) is 1. The van der Waals surface area contributed by atoms with Crippen molar-refractivity contribution in [3.05, 3.63) is 41.6 Å². The molecule has 0 aliphatic carbocycles. The normalized spacial score (nSPS) is 13.0. The number of furan rings is 1. The zero-order chi connectivity index (χ0) is 10.8. The number of aromatic nitrogens is 2. The van der Waals surface area contributed by atoms with E-state index < -0.39 is 0 Å². The molecule has 4 nitrogen and oxygen atoms in total. The van der Waals surface area contributed by atoms with Gasteiger partial charge in [0.2, 0.25) is 0 Å². The third kappa shape index (κ3) is 2.27. The second-order valence-electron chi connectivity index (χ2n) is 3.74. The topological polar surface area (TPSA) is 57.0 Å². The molecule has 0 fully saturated rings. The molecule has 0 aliphatic rings. The molecule has 0 bridgehead atoms. The number of nitrogens with zero attached hydrogens (tertiary/aromatic N) is 2. The highest BCUT2D eigenvalue weighted by Crippen LogP contribution is 2.17. The molecule has 0 aromatic carbocycles. The van der Waals surface area contributed by atoms with E-state index in [1.165, 1.54) is 0 Å². The lowest BCUT2D eigenvalue weighted by Gasteiger charge is -2.05. The van der Waals surface area contributed by atoms with Crippen molar-refractivity contribution in [2.45, 2.75) is 19.4 Å². The lowest BCUT2D eigenvalue weighted by Crippen LogP contribution is -2.13. The summed E-state index contributed by atoms with van der Waals surface area (Å²) < 4.78 is 7.24. The van der Waals surface area contributed by atoms with Gasteiger partial charge in [0.15, 0.2) is 0 Å². The molecule has 0 radical (unpaired) electrons. The van der Waals surface area contributed by atoms with Crippen LogP contribution in [0.4, 0.5) is 0 Å². The molecule has 2 aromatic heterocycles. The van der Waals surface area contributed by atoms with Crippen LogP contribution in [0.25, 0.3) is 0 Å². The predicted octanol–water partition coefficient (Wildman–Crippen LogP) is 1.56. The van der Waals surface area contributed by atoms with Gasteiger partial charge in [-0.15, -0.1) is 0 Å². The molecule has 0 saturated carbocycles. The summed E-state index contributed by atoms with van der Waals surface area (Å²) in [5.41, 5.74) is 6.99. The first-order valence-electron chi connectivity index (χ1n) is 4.95. The molecule has 0 saturated heterocycles. The van der Waals surface area contributed by atoms with Gasteiger partial charge in [-0.3, -0.25) is 4.68 Å². The van der Waals surface area contributed by atoms with E-state index in [4.69, 9.17) is 10.2 Å². The van der Waals surface area contributed by atoms with E-state index in [9.17, 15) is 0 Å². The van der Waals surface area contributed by atoms with Gasteiger partial charge in [-0.2, -0.15) is 5.10 Å². The highest BCUT2D eigenvalue weighted by atomic mass is 16.3. The van der Waals surface area contributed by atoms with E-state index in [0.717, 1.165) is 17.2 Å². The van der Waals surface area contributed by atoms with E-state index in [-0.39, 0.29) is 6.04 Å². The smallest absolute Gasteiger partial charge is 0.121 e. The fourth-order valence-corrected chi connectivity index (χ4v) is 1.55. The van der Waals surface area contributed by atoms with Crippen molar-refractivity contribution in [2.24, 2.45) is 12.8 Å². The molecule has 2 N–H and O–H groups in total. The maximum absolute atomic E-state index is 6.01. The fraction of sp³-hybridized carbons (Fsp3) is 0.364. The molecule has 2 rings (SSSR count). The maximum atomic E-state index is 6.01. The van der Waals surface area contributed by atoms with Crippen molar-refractivity contribution in [2.75, 3.05) is 0 Å². The van der Waals surface area contributed by atoms with Gasteiger partial charge >= 0.3 is 0 Å². The summed E-state index contributed by atoms with van der Waals surface area (Å²) in [6.45, 7) is 1.91. The van der Waals surface area contributed by atoms with Crippen LogP contribution >= 0.6 is 0 Å². The Labute approximate surface area is 88.7 Å². The Morgan fingerprint density at radius 3 is 2.80 bits per heavy atom. The summed E-state index contributed by atoms with van der Waals surface area (Å²) >= 11 is 0. The minimum absolute atomic E-state index is 0.117. The first kappa shape index (κ1) is 9.98. The Balaban J connectivity index is 2.06. The zero-order valence-corrected chi connectivity index (χ0v) is 8.97. The molecule has 1 atom stereocenters. The SMILES string of the molecule is Cc1ccc(C(N)Cc2ccn(C)n2)o1. The summed E-state index contributed by atoms with van der Waals surface area (Å²) in [4.78, 5) is 0. The number of nitrogens with two attached hydrogens (primary N) is 1. The molecular formula is C11H15N3O. The Morgan fingerprint density at radius 2 is 2.27 bits per heavy atom. The summed E-state index contributed by atoms with van der Waals surface area (Å²) in [6, 6.07) is 5.69. The van der Waals surface area contributed by atoms with Crippen molar-refractivity contribution in [3.63, 3.8) is 0 Å². The molecule has 0 spiro atoms. The Hall–Kier alpha value is -1.55. The molecule has 1 unspecified atom stereocenters. The first-order chi connectivity index (χ1) is 7.15. The van der Waals surface area contributed by atoms with Crippen LogP contribution in [-0.4, -0.2) is 9.78 Å². The largest absolute Gasteiger partial charge is 0.465 e. The zero-order valence-electron chi connectivity index (χ0n) is 8.97. The van der Waals surface area contributed by atoms with Gasteiger partial charge in [0.25, 0.3) is 0 Å². The first-order valence-corrected chi connectivity index (χ1v) is 4.95. The third-order valence-corrected chi connectivity index (χ3v) is 2.32. The maximum Gasteiger partial charge on any atom is 0.121 e. The van der Waals surface area contributed by atoms with Crippen LogP contribution in [0, 0.1) is 6.92 Å².